The van der Waals surface area contributed by atoms with Gasteiger partial charge in [-0.3, -0.25) is 19.1 Å². The Hall–Kier alpha value is -1.37. The van der Waals surface area contributed by atoms with Gasteiger partial charge in [0.05, 0.1) is 11.1 Å². The number of hydrogen-bond acceptors (Lipinski definition) is 4. The van der Waals surface area contributed by atoms with E-state index in [9.17, 15) is 14.4 Å². The van der Waals surface area contributed by atoms with Gasteiger partial charge in [0.1, 0.15) is 0 Å². The molecule has 1 N–H and O–H groups in total. The molecule has 0 amide bonds. The predicted octanol–water partition coefficient (Wildman–Crippen LogP) is 1.42. The van der Waals surface area contributed by atoms with E-state index >= 15 is 0 Å². The van der Waals surface area contributed by atoms with Crippen molar-refractivity contribution in [1.82, 2.24) is 9.55 Å². The van der Waals surface area contributed by atoms with Crippen molar-refractivity contribution in [1.29, 1.82) is 0 Å². The summed E-state index contributed by atoms with van der Waals surface area (Å²) in [6, 6.07) is 0. The van der Waals surface area contributed by atoms with E-state index < -0.39 is 11.2 Å². The Kier molecular flexibility index (Phi) is 6.55. The fourth-order valence-corrected chi connectivity index (χ4v) is 1.96. The average Bonchev–Trinajstić information content (AvgIpc) is 2.35. The summed E-state index contributed by atoms with van der Waals surface area (Å²) < 4.78 is 6.59. The minimum Gasteiger partial charge on any atom is -0.466 e. The molecule has 106 valence electrons. The molecule has 0 radical (unpaired) electrons. The number of carbonyl (C=O) groups excluding carboxylic acids is 1. The number of halogens is 1. The molecular formula is C12H17BrN2O4. The van der Waals surface area contributed by atoms with Gasteiger partial charge in [-0.25, -0.2) is 4.79 Å². The molecule has 0 aromatic carbocycles. The molecule has 0 atom stereocenters. The van der Waals surface area contributed by atoms with Crippen molar-refractivity contribution in [3.8, 4) is 0 Å². The van der Waals surface area contributed by atoms with Crippen molar-refractivity contribution in [2.45, 2.75) is 39.2 Å². The molecular weight excluding hydrogens is 316 g/mol. The summed E-state index contributed by atoms with van der Waals surface area (Å²) >= 11 is 3.07. The molecule has 0 bridgehead atoms. The van der Waals surface area contributed by atoms with Crippen LogP contribution in [0.5, 0.6) is 0 Å². The maximum absolute atomic E-state index is 11.5. The van der Waals surface area contributed by atoms with E-state index in [1.807, 2.05) is 0 Å². The van der Waals surface area contributed by atoms with Crippen LogP contribution >= 0.6 is 15.9 Å². The zero-order valence-corrected chi connectivity index (χ0v) is 12.4. The van der Waals surface area contributed by atoms with Crippen molar-refractivity contribution in [3.05, 3.63) is 31.5 Å². The van der Waals surface area contributed by atoms with Gasteiger partial charge in [0, 0.05) is 19.2 Å². The number of esters is 1. The maximum atomic E-state index is 11.5. The second-order valence-electron chi connectivity index (χ2n) is 4.05. The van der Waals surface area contributed by atoms with Crippen molar-refractivity contribution < 1.29 is 9.53 Å². The average molecular weight is 333 g/mol. The molecule has 6 nitrogen and oxygen atoms in total. The molecule has 0 saturated carbocycles. The lowest BCUT2D eigenvalue weighted by molar-refractivity contribution is -0.143. The molecule has 0 spiro atoms. The predicted molar refractivity (Wildman–Crippen MR) is 74.1 cm³/mol. The minimum atomic E-state index is -0.427. The fourth-order valence-electron chi connectivity index (χ4n) is 1.61. The Morgan fingerprint density at radius 1 is 1.37 bits per heavy atom. The number of unbranched alkanes of at least 4 members (excludes halogenated alkanes) is 2. The van der Waals surface area contributed by atoms with E-state index in [1.165, 1.54) is 10.8 Å². The van der Waals surface area contributed by atoms with Crippen LogP contribution in [0.15, 0.2) is 20.3 Å². The van der Waals surface area contributed by atoms with Crippen molar-refractivity contribution >= 4 is 21.9 Å². The summed E-state index contributed by atoms with van der Waals surface area (Å²) in [6.45, 7) is 2.69. The standard InChI is InChI=1S/C12H17BrN2O4/c1-2-19-10(16)6-4-3-5-7-15-8-9(13)11(17)14-12(15)18/h8H,2-7H2,1H3,(H,14,17,18). The van der Waals surface area contributed by atoms with Crippen LogP contribution in [0, 0.1) is 0 Å². The molecule has 0 fully saturated rings. The Morgan fingerprint density at radius 2 is 2.11 bits per heavy atom. The van der Waals surface area contributed by atoms with Crippen LogP contribution in [0.2, 0.25) is 0 Å². The van der Waals surface area contributed by atoms with Gasteiger partial charge < -0.3 is 4.74 Å². The lowest BCUT2D eigenvalue weighted by atomic mass is 10.2. The molecule has 1 rings (SSSR count). The van der Waals surface area contributed by atoms with Crippen molar-refractivity contribution in [2.24, 2.45) is 0 Å². The highest BCUT2D eigenvalue weighted by Gasteiger charge is 2.03. The van der Waals surface area contributed by atoms with E-state index in [0.717, 1.165) is 19.3 Å². The number of hydrogen-bond donors (Lipinski definition) is 1. The number of aromatic nitrogens is 2. The number of aromatic amines is 1. The summed E-state index contributed by atoms with van der Waals surface area (Å²) in [6.07, 6.45) is 4.20. The molecule has 0 unspecified atom stereocenters. The normalized spacial score (nSPS) is 10.4. The summed E-state index contributed by atoms with van der Waals surface area (Å²) in [5.41, 5.74) is -0.845. The number of ether oxygens (including phenoxy) is 1. The lowest BCUT2D eigenvalue weighted by Crippen LogP contribution is -2.29. The first-order valence-corrected chi connectivity index (χ1v) is 6.98. The zero-order valence-electron chi connectivity index (χ0n) is 10.8. The quantitative estimate of drug-likeness (QED) is 0.604. The van der Waals surface area contributed by atoms with Crippen LogP contribution in [0.25, 0.3) is 0 Å². The summed E-state index contributed by atoms with van der Waals surface area (Å²) in [5.74, 6) is -0.188. The third-order valence-electron chi connectivity index (χ3n) is 2.55. The Bertz CT molecular complexity index is 535. The van der Waals surface area contributed by atoms with Gasteiger partial charge in [-0.05, 0) is 35.7 Å². The number of aryl methyl sites for hydroxylation is 1. The Balaban J connectivity index is 2.34. The topological polar surface area (TPSA) is 81.2 Å². The van der Waals surface area contributed by atoms with Crippen molar-refractivity contribution in [3.63, 3.8) is 0 Å². The first-order valence-electron chi connectivity index (χ1n) is 6.19. The monoisotopic (exact) mass is 332 g/mol. The third kappa shape index (κ3) is 5.42. The van der Waals surface area contributed by atoms with Crippen LogP contribution in [0.4, 0.5) is 0 Å². The highest BCUT2D eigenvalue weighted by atomic mass is 79.9. The molecule has 7 heteroatoms. The number of carbonyl (C=O) groups is 1. The van der Waals surface area contributed by atoms with Crippen LogP contribution in [-0.2, 0) is 16.1 Å². The SMILES string of the molecule is CCOC(=O)CCCCCn1cc(Br)c(=O)[nH]c1=O. The third-order valence-corrected chi connectivity index (χ3v) is 3.12. The Morgan fingerprint density at radius 3 is 2.79 bits per heavy atom. The minimum absolute atomic E-state index is 0.188. The molecule has 0 aliphatic heterocycles. The molecule has 19 heavy (non-hydrogen) atoms. The smallest absolute Gasteiger partial charge is 0.328 e. The number of nitrogens with zero attached hydrogens (tertiary/aromatic N) is 1. The number of rotatable bonds is 7. The van der Waals surface area contributed by atoms with Crippen LogP contribution < -0.4 is 11.2 Å². The highest BCUT2D eigenvalue weighted by molar-refractivity contribution is 9.10. The Labute approximate surface area is 118 Å². The van der Waals surface area contributed by atoms with Crippen LogP contribution in [-0.4, -0.2) is 22.1 Å². The van der Waals surface area contributed by atoms with E-state index in [0.29, 0.717) is 24.0 Å². The van der Waals surface area contributed by atoms with Gasteiger partial charge in [0.2, 0.25) is 0 Å². The van der Waals surface area contributed by atoms with E-state index in [4.69, 9.17) is 4.74 Å². The second-order valence-corrected chi connectivity index (χ2v) is 4.90. The molecule has 1 aromatic rings. The van der Waals surface area contributed by atoms with Crippen molar-refractivity contribution in [2.75, 3.05) is 6.61 Å². The molecule has 1 heterocycles. The van der Waals surface area contributed by atoms with Gasteiger partial charge in [-0.1, -0.05) is 6.42 Å². The van der Waals surface area contributed by atoms with E-state index in [1.54, 1.807) is 6.92 Å². The maximum Gasteiger partial charge on any atom is 0.328 e. The summed E-state index contributed by atoms with van der Waals surface area (Å²) in [7, 11) is 0. The zero-order chi connectivity index (χ0) is 14.3. The fraction of sp³-hybridized carbons (Fsp3) is 0.583. The second kappa shape index (κ2) is 7.93. The largest absolute Gasteiger partial charge is 0.466 e. The van der Waals surface area contributed by atoms with Gasteiger partial charge >= 0.3 is 11.7 Å². The number of nitrogens with one attached hydrogen (secondary N) is 1. The molecule has 0 aliphatic carbocycles. The van der Waals surface area contributed by atoms with Gasteiger partial charge in [-0.2, -0.15) is 0 Å². The highest BCUT2D eigenvalue weighted by Crippen LogP contribution is 2.04. The van der Waals surface area contributed by atoms with Crippen LogP contribution in [0.3, 0.4) is 0 Å². The molecule has 0 aliphatic rings. The van der Waals surface area contributed by atoms with Crippen LogP contribution in [0.1, 0.15) is 32.6 Å². The molecule has 0 saturated heterocycles. The lowest BCUT2D eigenvalue weighted by Gasteiger charge is -2.05. The summed E-state index contributed by atoms with van der Waals surface area (Å²) in [5, 5.41) is 0. The first-order chi connectivity index (χ1) is 9.04. The summed E-state index contributed by atoms with van der Waals surface area (Å²) in [4.78, 5) is 35.9. The van der Waals surface area contributed by atoms with E-state index in [-0.39, 0.29) is 5.97 Å². The molecule has 1 aromatic heterocycles. The number of H-pyrrole nitrogens is 1. The van der Waals surface area contributed by atoms with Gasteiger partial charge in [0.15, 0.2) is 0 Å². The van der Waals surface area contributed by atoms with E-state index in [2.05, 4.69) is 20.9 Å². The van der Waals surface area contributed by atoms with Gasteiger partial charge in [-0.15, -0.1) is 0 Å². The first kappa shape index (κ1) is 15.7. The van der Waals surface area contributed by atoms with Gasteiger partial charge in [0.25, 0.3) is 5.56 Å².